The van der Waals surface area contributed by atoms with Crippen LogP contribution in [0.5, 0.6) is 0 Å². The molecule has 1 atom stereocenters. The summed E-state index contributed by atoms with van der Waals surface area (Å²) in [4.78, 5) is 35.1. The van der Waals surface area contributed by atoms with Crippen molar-refractivity contribution in [3.8, 4) is 0 Å². The Morgan fingerprint density at radius 3 is 2.35 bits per heavy atom. The first-order chi connectivity index (χ1) is 12.5. The summed E-state index contributed by atoms with van der Waals surface area (Å²) < 4.78 is 29.3. The maximum absolute atomic E-state index is 14.7. The van der Waals surface area contributed by atoms with Gasteiger partial charge < -0.3 is 19.8 Å². The molecule has 1 amide bonds. The van der Waals surface area contributed by atoms with Gasteiger partial charge >= 0.3 is 0 Å². The number of benzene rings is 1. The van der Waals surface area contributed by atoms with E-state index in [2.05, 4.69) is 5.32 Å². The lowest BCUT2D eigenvalue weighted by Crippen LogP contribution is -2.34. The number of carbonyl (C=O) groups is 3. The van der Waals surface area contributed by atoms with E-state index in [1.54, 1.807) is 0 Å². The van der Waals surface area contributed by atoms with Crippen LogP contribution in [0.4, 0.5) is 14.5 Å². The van der Waals surface area contributed by atoms with E-state index < -0.39 is 23.5 Å². The van der Waals surface area contributed by atoms with E-state index in [0.717, 1.165) is 19.1 Å². The molecule has 1 aromatic carbocycles. The van der Waals surface area contributed by atoms with E-state index in [-0.39, 0.29) is 18.4 Å². The van der Waals surface area contributed by atoms with Gasteiger partial charge in [-0.1, -0.05) is 0 Å². The van der Waals surface area contributed by atoms with E-state index in [1.807, 2.05) is 4.90 Å². The topological polar surface area (TPSA) is 66.5 Å². The SMILES string of the molecule is CNC(=O)C(CCC=O)c1c(F)cc(N2CCC(CC=O)CC2)cc1F. The predicted octanol–water partition coefficient (Wildman–Crippen LogP) is 2.58. The van der Waals surface area contributed by atoms with Gasteiger partial charge in [0, 0.05) is 44.2 Å². The first kappa shape index (κ1) is 20.0. The van der Waals surface area contributed by atoms with Crippen molar-refractivity contribution in [2.75, 3.05) is 25.0 Å². The summed E-state index contributed by atoms with van der Waals surface area (Å²) in [6, 6.07) is 2.49. The molecule has 1 saturated heterocycles. The van der Waals surface area contributed by atoms with Crippen LogP contribution >= 0.6 is 0 Å². The van der Waals surface area contributed by atoms with Crippen LogP contribution in [0.15, 0.2) is 12.1 Å². The molecule has 0 saturated carbocycles. The van der Waals surface area contributed by atoms with Crippen molar-refractivity contribution < 1.29 is 23.2 Å². The second kappa shape index (κ2) is 9.40. The van der Waals surface area contributed by atoms with Gasteiger partial charge in [0.25, 0.3) is 0 Å². The number of hydrogen-bond acceptors (Lipinski definition) is 4. The highest BCUT2D eigenvalue weighted by atomic mass is 19.1. The summed E-state index contributed by atoms with van der Waals surface area (Å²) in [7, 11) is 1.39. The molecule has 0 radical (unpaired) electrons. The molecule has 7 heteroatoms. The third-order valence-corrected chi connectivity index (χ3v) is 4.96. The molecule has 0 spiro atoms. The number of halogens is 2. The lowest BCUT2D eigenvalue weighted by Gasteiger charge is -2.33. The number of likely N-dealkylation sites (N-methyl/N-ethyl adjacent to an activating group) is 1. The van der Waals surface area contributed by atoms with Crippen LogP contribution in [0.25, 0.3) is 0 Å². The van der Waals surface area contributed by atoms with Gasteiger partial charge in [0.1, 0.15) is 24.2 Å². The minimum Gasteiger partial charge on any atom is -0.371 e. The second-order valence-electron chi connectivity index (χ2n) is 6.57. The van der Waals surface area contributed by atoms with Gasteiger partial charge in [-0.3, -0.25) is 4.79 Å². The minimum absolute atomic E-state index is 0.0446. The fourth-order valence-corrected chi connectivity index (χ4v) is 3.46. The summed E-state index contributed by atoms with van der Waals surface area (Å²) in [5, 5.41) is 2.39. The van der Waals surface area contributed by atoms with Crippen molar-refractivity contribution >= 4 is 24.2 Å². The number of piperidine rings is 1. The molecule has 2 rings (SSSR count). The van der Waals surface area contributed by atoms with Crippen molar-refractivity contribution in [1.82, 2.24) is 5.32 Å². The number of nitrogens with zero attached hydrogens (tertiary/aromatic N) is 1. The van der Waals surface area contributed by atoms with Gasteiger partial charge in [0.2, 0.25) is 5.91 Å². The molecule has 1 unspecified atom stereocenters. The van der Waals surface area contributed by atoms with Crippen molar-refractivity contribution in [2.24, 2.45) is 5.92 Å². The molecule has 5 nitrogen and oxygen atoms in total. The fourth-order valence-electron chi connectivity index (χ4n) is 3.46. The van der Waals surface area contributed by atoms with E-state index in [9.17, 15) is 23.2 Å². The fraction of sp³-hybridized carbons (Fsp3) is 0.526. The number of nitrogens with one attached hydrogen (secondary N) is 1. The molecule has 0 aromatic heterocycles. The lowest BCUT2D eigenvalue weighted by molar-refractivity contribution is -0.122. The van der Waals surface area contributed by atoms with Crippen LogP contribution in [0.2, 0.25) is 0 Å². The van der Waals surface area contributed by atoms with E-state index >= 15 is 0 Å². The Hall–Kier alpha value is -2.31. The Bertz CT molecular complexity index is 635. The molecule has 142 valence electrons. The normalized spacial score (nSPS) is 16.2. The van der Waals surface area contributed by atoms with Gasteiger partial charge in [0.05, 0.1) is 5.92 Å². The first-order valence-corrected chi connectivity index (χ1v) is 8.84. The van der Waals surface area contributed by atoms with E-state index in [1.165, 1.54) is 19.2 Å². The maximum atomic E-state index is 14.7. The zero-order chi connectivity index (χ0) is 19.1. The lowest BCUT2D eigenvalue weighted by atomic mass is 9.91. The zero-order valence-electron chi connectivity index (χ0n) is 14.8. The van der Waals surface area contributed by atoms with Crippen LogP contribution in [0, 0.1) is 17.6 Å². The summed E-state index contributed by atoms with van der Waals surface area (Å²) in [5.74, 6) is -2.81. The number of hydrogen-bond donors (Lipinski definition) is 1. The molecule has 1 heterocycles. The van der Waals surface area contributed by atoms with Crippen molar-refractivity contribution in [2.45, 2.75) is 38.0 Å². The smallest absolute Gasteiger partial charge is 0.227 e. The van der Waals surface area contributed by atoms with E-state index in [0.29, 0.717) is 37.4 Å². The Kier molecular flexibility index (Phi) is 7.24. The highest BCUT2D eigenvalue weighted by molar-refractivity contribution is 5.84. The quantitative estimate of drug-likeness (QED) is 0.718. The van der Waals surface area contributed by atoms with Crippen LogP contribution in [0.3, 0.4) is 0 Å². The highest BCUT2D eigenvalue weighted by Gasteiger charge is 2.28. The molecule has 1 aliphatic rings. The van der Waals surface area contributed by atoms with Crippen molar-refractivity contribution in [3.05, 3.63) is 29.3 Å². The number of rotatable bonds is 8. The minimum atomic E-state index is -1.04. The Morgan fingerprint density at radius 1 is 1.23 bits per heavy atom. The number of carbonyl (C=O) groups excluding carboxylic acids is 3. The number of anilines is 1. The number of amides is 1. The predicted molar refractivity (Wildman–Crippen MR) is 94.1 cm³/mol. The highest BCUT2D eigenvalue weighted by Crippen LogP contribution is 2.32. The molecule has 1 aliphatic heterocycles. The monoisotopic (exact) mass is 366 g/mol. The van der Waals surface area contributed by atoms with Gasteiger partial charge in [-0.05, 0) is 37.3 Å². The van der Waals surface area contributed by atoms with Crippen molar-refractivity contribution in [3.63, 3.8) is 0 Å². The summed E-state index contributed by atoms with van der Waals surface area (Å²) in [6.45, 7) is 1.25. The average molecular weight is 366 g/mol. The maximum Gasteiger partial charge on any atom is 0.227 e. The molecular weight excluding hydrogens is 342 g/mol. The summed E-state index contributed by atoms with van der Waals surface area (Å²) in [6.07, 6.45) is 3.74. The second-order valence-corrected chi connectivity index (χ2v) is 6.57. The molecular formula is C19H24F2N2O3. The van der Waals surface area contributed by atoms with Crippen LogP contribution in [-0.4, -0.2) is 38.6 Å². The Balaban J connectivity index is 2.22. The molecule has 0 aliphatic carbocycles. The molecule has 1 fully saturated rings. The van der Waals surface area contributed by atoms with Gasteiger partial charge in [-0.15, -0.1) is 0 Å². The first-order valence-electron chi connectivity index (χ1n) is 8.84. The van der Waals surface area contributed by atoms with E-state index in [4.69, 9.17) is 0 Å². The van der Waals surface area contributed by atoms with Crippen molar-refractivity contribution in [1.29, 1.82) is 0 Å². The molecule has 1 N–H and O–H groups in total. The van der Waals surface area contributed by atoms with Crippen LogP contribution in [-0.2, 0) is 14.4 Å². The largest absolute Gasteiger partial charge is 0.371 e. The van der Waals surface area contributed by atoms with Gasteiger partial charge in [-0.2, -0.15) is 0 Å². The van der Waals surface area contributed by atoms with Crippen LogP contribution in [0.1, 0.15) is 43.6 Å². The summed E-state index contributed by atoms with van der Waals surface area (Å²) >= 11 is 0. The zero-order valence-corrected chi connectivity index (χ0v) is 14.8. The van der Waals surface area contributed by atoms with Crippen LogP contribution < -0.4 is 10.2 Å². The molecule has 26 heavy (non-hydrogen) atoms. The van der Waals surface area contributed by atoms with Gasteiger partial charge in [-0.25, -0.2) is 8.78 Å². The number of aldehydes is 2. The Morgan fingerprint density at radius 2 is 1.85 bits per heavy atom. The average Bonchev–Trinajstić information content (AvgIpc) is 2.64. The third kappa shape index (κ3) is 4.65. The third-order valence-electron chi connectivity index (χ3n) is 4.96. The Labute approximate surface area is 151 Å². The molecule has 0 bridgehead atoms. The van der Waals surface area contributed by atoms with Gasteiger partial charge in [0.15, 0.2) is 0 Å². The summed E-state index contributed by atoms with van der Waals surface area (Å²) in [5.41, 5.74) is 0.130. The standard InChI is InChI=1S/C19H24F2N2O3/c1-22-19(26)15(3-2-9-24)18-16(20)11-14(12-17(18)21)23-7-4-13(5-8-23)6-10-25/h9-13,15H,2-8H2,1H3,(H,22,26). The molecule has 1 aromatic rings.